The zero-order valence-corrected chi connectivity index (χ0v) is 28.2. The molecule has 0 aliphatic heterocycles. The highest BCUT2D eigenvalue weighted by Crippen LogP contribution is 2.29. The van der Waals surface area contributed by atoms with Gasteiger partial charge in [0, 0.05) is 12.1 Å². The molecule has 0 spiro atoms. The fourth-order valence-corrected chi connectivity index (χ4v) is 6.39. The van der Waals surface area contributed by atoms with Gasteiger partial charge in [-0.05, 0) is 73.4 Å². The van der Waals surface area contributed by atoms with Gasteiger partial charge in [-0.3, -0.25) is 19.2 Å². The fourth-order valence-electron chi connectivity index (χ4n) is 6.39. The number of unbranched alkanes of at least 4 members (excludes halogenated alkanes) is 1. The van der Waals surface area contributed by atoms with E-state index in [0.29, 0.717) is 31.4 Å². The molecule has 0 bridgehead atoms. The molecule has 1 saturated carbocycles. The van der Waals surface area contributed by atoms with Crippen molar-refractivity contribution in [2.24, 2.45) is 11.8 Å². The first-order valence-electron chi connectivity index (χ1n) is 17.2. The van der Waals surface area contributed by atoms with Crippen LogP contribution >= 0.6 is 0 Å². The van der Waals surface area contributed by atoms with Gasteiger partial charge in [0.15, 0.2) is 0 Å². The van der Waals surface area contributed by atoms with Gasteiger partial charge in [0.2, 0.25) is 11.8 Å². The Morgan fingerprint density at radius 3 is 2.29 bits per heavy atom. The van der Waals surface area contributed by atoms with Crippen molar-refractivity contribution in [2.75, 3.05) is 18.5 Å². The maximum Gasteiger partial charge on any atom is 0.309 e. The normalized spacial score (nSPS) is 15.4. The molecule has 0 aromatic heterocycles. The van der Waals surface area contributed by atoms with Gasteiger partial charge in [-0.15, -0.1) is 13.2 Å². The van der Waals surface area contributed by atoms with Crippen LogP contribution in [0.1, 0.15) is 63.4 Å². The van der Waals surface area contributed by atoms with Gasteiger partial charge < -0.3 is 25.8 Å². The maximum absolute atomic E-state index is 13.7. The van der Waals surface area contributed by atoms with Crippen molar-refractivity contribution in [1.29, 1.82) is 0 Å². The Morgan fingerprint density at radius 2 is 1.59 bits per heavy atom. The minimum atomic E-state index is -1.23. The standard InChI is InChI=1S/C40H49N3O6/c1-3-5-7-19-33(24-29-15-8-6-9-16-29)39(48)49-27-35(38(47)41-34-21-20-30-17-10-11-18-31(30)25-34)42-37(46)32(14-4-2)26-36(45)43-40(28-44)22-12-13-23-40/h3-4,6,8-11,15-18,20-21,25,32-33,35,44H,1-2,5,7,12-14,19,22-24,26-28H2,(H,41,47)(H,42,46)(H,43,45). The van der Waals surface area contributed by atoms with Gasteiger partial charge >= 0.3 is 5.97 Å². The first-order chi connectivity index (χ1) is 23.8. The quantitative estimate of drug-likeness (QED) is 0.0702. The zero-order chi connectivity index (χ0) is 35.1. The number of carbonyl (C=O) groups is 4. The minimum absolute atomic E-state index is 0.152. The molecule has 9 heteroatoms. The molecular formula is C40H49N3O6. The molecule has 3 atom stereocenters. The molecule has 3 unspecified atom stereocenters. The van der Waals surface area contributed by atoms with Gasteiger partial charge in [0.25, 0.3) is 5.91 Å². The third-order valence-electron chi connectivity index (χ3n) is 9.18. The van der Waals surface area contributed by atoms with E-state index in [2.05, 4.69) is 29.1 Å². The summed E-state index contributed by atoms with van der Waals surface area (Å²) in [4.78, 5) is 54.0. The van der Waals surface area contributed by atoms with E-state index in [9.17, 15) is 24.3 Å². The van der Waals surface area contributed by atoms with Crippen molar-refractivity contribution in [1.82, 2.24) is 10.6 Å². The molecule has 0 saturated heterocycles. The predicted molar refractivity (Wildman–Crippen MR) is 192 cm³/mol. The highest BCUT2D eigenvalue weighted by molar-refractivity contribution is 5.99. The van der Waals surface area contributed by atoms with E-state index in [1.807, 2.05) is 72.8 Å². The van der Waals surface area contributed by atoms with Gasteiger partial charge in [0.1, 0.15) is 12.6 Å². The Labute approximate surface area is 289 Å². The van der Waals surface area contributed by atoms with E-state index >= 15 is 0 Å². The van der Waals surface area contributed by atoms with Crippen LogP contribution < -0.4 is 16.0 Å². The molecule has 3 aromatic carbocycles. The number of hydrogen-bond acceptors (Lipinski definition) is 6. The lowest BCUT2D eigenvalue weighted by Crippen LogP contribution is -2.52. The van der Waals surface area contributed by atoms with Gasteiger partial charge in [0.05, 0.1) is 24.0 Å². The molecule has 1 aliphatic rings. The number of anilines is 1. The van der Waals surface area contributed by atoms with Crippen molar-refractivity contribution in [3.05, 3.63) is 104 Å². The first kappa shape index (κ1) is 37.1. The number of aliphatic hydroxyl groups is 1. The molecule has 0 radical (unpaired) electrons. The lowest BCUT2D eigenvalue weighted by molar-refractivity contribution is -0.151. The molecular weight excluding hydrogens is 618 g/mol. The third kappa shape index (κ3) is 11.1. The topological polar surface area (TPSA) is 134 Å². The number of hydrogen-bond donors (Lipinski definition) is 4. The SMILES string of the molecule is C=CCCCC(Cc1ccccc1)C(=O)OCC(NC(=O)C(CC=C)CC(=O)NC1(CO)CCCC1)C(=O)Nc1ccc2ccccc2c1. The number of carbonyl (C=O) groups excluding carboxylic acids is 4. The lowest BCUT2D eigenvalue weighted by Gasteiger charge is -2.29. The number of nitrogens with one attached hydrogen (secondary N) is 3. The van der Waals surface area contributed by atoms with Crippen LogP contribution in [0.3, 0.4) is 0 Å². The number of aliphatic hydroxyl groups excluding tert-OH is 1. The Hall–Kier alpha value is -4.76. The number of fused-ring (bicyclic) bond motifs is 1. The fraction of sp³-hybridized carbons (Fsp3) is 0.400. The molecule has 3 aromatic rings. The molecule has 1 aliphatic carbocycles. The second kappa shape index (κ2) is 18.7. The summed E-state index contributed by atoms with van der Waals surface area (Å²) >= 11 is 0. The molecule has 1 fully saturated rings. The maximum atomic E-state index is 13.7. The van der Waals surface area contributed by atoms with Crippen LogP contribution in [0.2, 0.25) is 0 Å². The summed E-state index contributed by atoms with van der Waals surface area (Å²) in [6.45, 7) is 6.97. The van der Waals surface area contributed by atoms with Crippen molar-refractivity contribution < 1.29 is 29.0 Å². The number of esters is 1. The van der Waals surface area contributed by atoms with Crippen LogP contribution in [0.25, 0.3) is 10.8 Å². The van der Waals surface area contributed by atoms with Crippen LogP contribution in [0, 0.1) is 11.8 Å². The van der Waals surface area contributed by atoms with Crippen LogP contribution in [0.4, 0.5) is 5.69 Å². The summed E-state index contributed by atoms with van der Waals surface area (Å²) in [5, 5.41) is 20.5. The number of allylic oxidation sites excluding steroid dienone is 2. The minimum Gasteiger partial charge on any atom is -0.463 e. The van der Waals surface area contributed by atoms with E-state index in [1.54, 1.807) is 12.1 Å². The molecule has 49 heavy (non-hydrogen) atoms. The van der Waals surface area contributed by atoms with E-state index in [4.69, 9.17) is 4.74 Å². The molecule has 0 heterocycles. The Bertz CT molecular complexity index is 1580. The highest BCUT2D eigenvalue weighted by atomic mass is 16.5. The van der Waals surface area contributed by atoms with Gasteiger partial charge in [-0.25, -0.2) is 0 Å². The van der Waals surface area contributed by atoms with E-state index < -0.39 is 47.8 Å². The summed E-state index contributed by atoms with van der Waals surface area (Å²) in [7, 11) is 0. The summed E-state index contributed by atoms with van der Waals surface area (Å²) in [5.74, 6) is -3.20. The molecule has 260 valence electrons. The zero-order valence-electron chi connectivity index (χ0n) is 28.2. The van der Waals surface area contributed by atoms with Crippen molar-refractivity contribution in [2.45, 2.75) is 75.8 Å². The lowest BCUT2D eigenvalue weighted by atomic mass is 9.94. The van der Waals surface area contributed by atoms with E-state index in [-0.39, 0.29) is 25.4 Å². The number of ether oxygens (including phenoxy) is 1. The third-order valence-corrected chi connectivity index (χ3v) is 9.18. The van der Waals surface area contributed by atoms with Crippen molar-refractivity contribution in [3.8, 4) is 0 Å². The smallest absolute Gasteiger partial charge is 0.309 e. The molecule has 9 nitrogen and oxygen atoms in total. The monoisotopic (exact) mass is 667 g/mol. The van der Waals surface area contributed by atoms with Crippen LogP contribution in [0.5, 0.6) is 0 Å². The van der Waals surface area contributed by atoms with E-state index in [0.717, 1.165) is 42.0 Å². The first-order valence-corrected chi connectivity index (χ1v) is 17.2. The van der Waals surface area contributed by atoms with E-state index in [1.165, 1.54) is 0 Å². The Kier molecular flexibility index (Phi) is 14.1. The van der Waals surface area contributed by atoms with Gasteiger partial charge in [-0.1, -0.05) is 85.7 Å². The Morgan fingerprint density at radius 1 is 0.878 bits per heavy atom. The average Bonchev–Trinajstić information content (AvgIpc) is 3.58. The van der Waals surface area contributed by atoms with Crippen molar-refractivity contribution >= 4 is 40.2 Å². The second-order valence-corrected chi connectivity index (χ2v) is 13.0. The van der Waals surface area contributed by atoms with Crippen LogP contribution in [0.15, 0.2) is 98.1 Å². The van der Waals surface area contributed by atoms with Gasteiger partial charge in [-0.2, -0.15) is 0 Å². The number of rotatable bonds is 19. The Balaban J connectivity index is 1.50. The van der Waals surface area contributed by atoms with Crippen molar-refractivity contribution in [3.63, 3.8) is 0 Å². The average molecular weight is 668 g/mol. The predicted octanol–water partition coefficient (Wildman–Crippen LogP) is 6.03. The highest BCUT2D eigenvalue weighted by Gasteiger charge is 2.36. The summed E-state index contributed by atoms with van der Waals surface area (Å²) in [6.07, 6.45) is 9.12. The molecule has 3 amide bonds. The second-order valence-electron chi connectivity index (χ2n) is 13.0. The largest absolute Gasteiger partial charge is 0.463 e. The van der Waals surface area contributed by atoms with Crippen LogP contribution in [-0.4, -0.2) is 53.6 Å². The molecule has 4 N–H and O–H groups in total. The number of benzene rings is 3. The summed E-state index contributed by atoms with van der Waals surface area (Å²) in [6, 6.07) is 21.7. The number of amides is 3. The summed E-state index contributed by atoms with van der Waals surface area (Å²) < 4.78 is 5.77. The molecule has 4 rings (SSSR count). The summed E-state index contributed by atoms with van der Waals surface area (Å²) in [5.41, 5.74) is 0.840. The van der Waals surface area contributed by atoms with Crippen LogP contribution in [-0.2, 0) is 30.3 Å².